The summed E-state index contributed by atoms with van der Waals surface area (Å²) in [5.41, 5.74) is 1.11. The molecular formula is C12H7Cl2FN. The topological polar surface area (TPSA) is 14.1 Å². The summed E-state index contributed by atoms with van der Waals surface area (Å²) >= 11 is 11.9. The molecule has 0 heterocycles. The van der Waals surface area contributed by atoms with Crippen LogP contribution in [0.1, 0.15) is 0 Å². The Labute approximate surface area is 103 Å². The lowest BCUT2D eigenvalue weighted by molar-refractivity contribution is 0.627. The molecule has 0 fully saturated rings. The van der Waals surface area contributed by atoms with Crippen molar-refractivity contribution in [2.45, 2.75) is 0 Å². The van der Waals surface area contributed by atoms with E-state index in [0.29, 0.717) is 21.4 Å². The second-order valence-corrected chi connectivity index (χ2v) is 3.97. The molecule has 1 radical (unpaired) electrons. The van der Waals surface area contributed by atoms with Crippen LogP contribution in [0.3, 0.4) is 0 Å². The third-order valence-corrected chi connectivity index (χ3v) is 2.62. The summed E-state index contributed by atoms with van der Waals surface area (Å²) in [4.78, 5) is 0. The third kappa shape index (κ3) is 2.46. The van der Waals surface area contributed by atoms with Gasteiger partial charge in [-0.1, -0.05) is 29.3 Å². The van der Waals surface area contributed by atoms with Gasteiger partial charge < -0.3 is 0 Å². The molecule has 0 unspecified atom stereocenters. The fourth-order valence-electron chi connectivity index (χ4n) is 1.24. The van der Waals surface area contributed by atoms with Crippen molar-refractivity contribution in [2.75, 3.05) is 0 Å². The highest BCUT2D eigenvalue weighted by Gasteiger charge is 2.07. The quantitative estimate of drug-likeness (QED) is 0.738. The average Bonchev–Trinajstić information content (AvgIpc) is 2.26. The molecule has 4 heteroatoms. The fraction of sp³-hybridized carbons (Fsp3) is 0. The third-order valence-electron chi connectivity index (χ3n) is 2.01. The Kier molecular flexibility index (Phi) is 3.32. The van der Waals surface area contributed by atoms with Gasteiger partial charge in [-0.2, -0.15) is 0 Å². The van der Waals surface area contributed by atoms with Gasteiger partial charge in [0.2, 0.25) is 0 Å². The van der Waals surface area contributed by atoms with E-state index in [1.807, 2.05) is 0 Å². The largest absolute Gasteiger partial charge is 0.246 e. The normalized spacial score (nSPS) is 10.2. The van der Waals surface area contributed by atoms with E-state index >= 15 is 0 Å². The van der Waals surface area contributed by atoms with Crippen LogP contribution in [-0.4, -0.2) is 0 Å². The Morgan fingerprint density at radius 3 is 2.00 bits per heavy atom. The summed E-state index contributed by atoms with van der Waals surface area (Å²) in [6, 6.07) is 11.0. The molecular weight excluding hydrogens is 248 g/mol. The first-order valence-corrected chi connectivity index (χ1v) is 5.34. The molecule has 0 amide bonds. The van der Waals surface area contributed by atoms with E-state index < -0.39 is 0 Å². The van der Waals surface area contributed by atoms with Crippen molar-refractivity contribution in [2.24, 2.45) is 0 Å². The summed E-state index contributed by atoms with van der Waals surface area (Å²) in [7, 11) is 0. The van der Waals surface area contributed by atoms with Gasteiger partial charge in [-0.3, -0.25) is 0 Å². The Morgan fingerprint density at radius 1 is 0.875 bits per heavy atom. The minimum atomic E-state index is -0.302. The molecule has 0 aliphatic rings. The van der Waals surface area contributed by atoms with Crippen molar-refractivity contribution in [3.8, 4) is 0 Å². The maximum absolute atomic E-state index is 12.7. The molecule has 0 N–H and O–H groups in total. The van der Waals surface area contributed by atoms with E-state index in [2.05, 4.69) is 5.32 Å². The number of rotatable bonds is 2. The Bertz CT molecular complexity index is 477. The van der Waals surface area contributed by atoms with E-state index in [9.17, 15) is 4.39 Å². The van der Waals surface area contributed by atoms with Crippen molar-refractivity contribution >= 4 is 34.6 Å². The predicted molar refractivity (Wildman–Crippen MR) is 64.3 cm³/mol. The van der Waals surface area contributed by atoms with Crippen molar-refractivity contribution in [3.63, 3.8) is 0 Å². The van der Waals surface area contributed by atoms with Crippen molar-refractivity contribution < 1.29 is 4.39 Å². The number of benzene rings is 2. The van der Waals surface area contributed by atoms with Gasteiger partial charge in [0.15, 0.2) is 0 Å². The summed E-state index contributed by atoms with van der Waals surface area (Å²) in [6.07, 6.45) is 0. The molecule has 2 aromatic carbocycles. The molecule has 0 atom stereocenters. The van der Waals surface area contributed by atoms with Gasteiger partial charge in [0.05, 0.1) is 15.7 Å². The van der Waals surface area contributed by atoms with Gasteiger partial charge in [-0.15, -0.1) is 0 Å². The zero-order chi connectivity index (χ0) is 11.5. The van der Waals surface area contributed by atoms with Gasteiger partial charge in [-0.05, 0) is 36.4 Å². The number of nitrogens with zero attached hydrogens (tertiary/aromatic N) is 1. The molecule has 0 aromatic heterocycles. The standard InChI is InChI=1S/C12H7Cl2FN/c13-10-2-1-3-11(14)12(10)16-9-6-4-8(15)5-7-9/h1-7H. The van der Waals surface area contributed by atoms with Crippen LogP contribution in [0.25, 0.3) is 0 Å². The second kappa shape index (κ2) is 4.73. The van der Waals surface area contributed by atoms with Crippen molar-refractivity contribution in [3.05, 3.63) is 58.3 Å². The molecule has 2 rings (SSSR count). The summed E-state index contributed by atoms with van der Waals surface area (Å²) < 4.78 is 12.7. The highest BCUT2D eigenvalue weighted by Crippen LogP contribution is 2.32. The molecule has 0 saturated carbocycles. The fourth-order valence-corrected chi connectivity index (χ4v) is 1.72. The molecule has 0 saturated heterocycles. The SMILES string of the molecule is Fc1ccc([N]c2c(Cl)cccc2Cl)cc1. The number of hydrogen-bond donors (Lipinski definition) is 0. The van der Waals surface area contributed by atoms with Crippen LogP contribution in [0, 0.1) is 5.82 Å². The van der Waals surface area contributed by atoms with Crippen LogP contribution in [0.5, 0.6) is 0 Å². The van der Waals surface area contributed by atoms with Crippen molar-refractivity contribution in [1.82, 2.24) is 5.32 Å². The van der Waals surface area contributed by atoms with E-state index in [4.69, 9.17) is 23.2 Å². The van der Waals surface area contributed by atoms with Gasteiger partial charge in [0.25, 0.3) is 0 Å². The van der Waals surface area contributed by atoms with Crippen LogP contribution in [0.2, 0.25) is 10.0 Å². The molecule has 2 aromatic rings. The Balaban J connectivity index is 2.30. The predicted octanol–water partition coefficient (Wildman–Crippen LogP) is 4.70. The highest BCUT2D eigenvalue weighted by molar-refractivity contribution is 6.38. The van der Waals surface area contributed by atoms with Gasteiger partial charge in [0.1, 0.15) is 11.5 Å². The molecule has 0 spiro atoms. The molecule has 0 bridgehead atoms. The zero-order valence-corrected chi connectivity index (χ0v) is 9.63. The highest BCUT2D eigenvalue weighted by atomic mass is 35.5. The molecule has 16 heavy (non-hydrogen) atoms. The molecule has 81 valence electrons. The van der Waals surface area contributed by atoms with E-state index in [1.165, 1.54) is 12.1 Å². The van der Waals surface area contributed by atoms with Crippen LogP contribution < -0.4 is 5.32 Å². The summed E-state index contributed by atoms with van der Waals surface area (Å²) in [6.45, 7) is 0. The van der Waals surface area contributed by atoms with E-state index in [0.717, 1.165) is 0 Å². The Hall–Kier alpha value is -1.25. The van der Waals surface area contributed by atoms with Crippen molar-refractivity contribution in [1.29, 1.82) is 0 Å². The average molecular weight is 255 g/mol. The van der Waals surface area contributed by atoms with Gasteiger partial charge in [-0.25, -0.2) is 9.71 Å². The second-order valence-electron chi connectivity index (χ2n) is 3.16. The van der Waals surface area contributed by atoms with Gasteiger partial charge >= 0.3 is 0 Å². The van der Waals surface area contributed by atoms with E-state index in [-0.39, 0.29) is 5.82 Å². The lowest BCUT2D eigenvalue weighted by Gasteiger charge is -2.06. The first kappa shape index (κ1) is 11.2. The zero-order valence-electron chi connectivity index (χ0n) is 8.12. The number of hydrogen-bond acceptors (Lipinski definition) is 0. The lowest BCUT2D eigenvalue weighted by Crippen LogP contribution is -1.90. The molecule has 0 aliphatic heterocycles. The maximum atomic E-state index is 12.7. The van der Waals surface area contributed by atoms with E-state index in [1.54, 1.807) is 30.3 Å². The maximum Gasteiger partial charge on any atom is 0.123 e. The van der Waals surface area contributed by atoms with Gasteiger partial charge in [0, 0.05) is 0 Å². The number of para-hydroxylation sites is 1. The summed E-state index contributed by atoms with van der Waals surface area (Å²) in [5, 5.41) is 5.19. The summed E-state index contributed by atoms with van der Waals surface area (Å²) in [5.74, 6) is -0.302. The van der Waals surface area contributed by atoms with Crippen LogP contribution in [-0.2, 0) is 0 Å². The van der Waals surface area contributed by atoms with Crippen LogP contribution in [0.15, 0.2) is 42.5 Å². The first-order chi connectivity index (χ1) is 7.66. The lowest BCUT2D eigenvalue weighted by atomic mass is 10.2. The first-order valence-electron chi connectivity index (χ1n) is 4.58. The molecule has 1 nitrogen and oxygen atoms in total. The molecule has 0 aliphatic carbocycles. The monoisotopic (exact) mass is 254 g/mol. The minimum Gasteiger partial charge on any atom is -0.246 e. The smallest absolute Gasteiger partial charge is 0.123 e. The Morgan fingerprint density at radius 2 is 1.44 bits per heavy atom. The minimum absolute atomic E-state index is 0.302. The van der Waals surface area contributed by atoms with Crippen LogP contribution in [0.4, 0.5) is 15.8 Å². The number of halogens is 3. The van der Waals surface area contributed by atoms with Crippen LogP contribution >= 0.6 is 23.2 Å².